The second-order valence-electron chi connectivity index (χ2n) is 3.90. The van der Waals surface area contributed by atoms with Crippen LogP contribution in [0.25, 0.3) is 5.69 Å². The van der Waals surface area contributed by atoms with Gasteiger partial charge in [-0.25, -0.2) is 4.68 Å². The highest BCUT2D eigenvalue weighted by atomic mass is 16.5. The lowest BCUT2D eigenvalue weighted by Gasteiger charge is -2.07. The number of aldehydes is 1. The molecule has 5 nitrogen and oxygen atoms in total. The van der Waals surface area contributed by atoms with Gasteiger partial charge in [0.2, 0.25) is 0 Å². The largest absolute Gasteiger partial charge is 0.497 e. The van der Waals surface area contributed by atoms with Crippen molar-refractivity contribution in [1.29, 1.82) is 0 Å². The minimum Gasteiger partial charge on any atom is -0.497 e. The monoisotopic (exact) mass is 245 g/mol. The van der Waals surface area contributed by atoms with E-state index in [2.05, 4.69) is 17.2 Å². The summed E-state index contributed by atoms with van der Waals surface area (Å²) in [6.45, 7) is 2.05. The molecule has 0 aliphatic carbocycles. The molecule has 0 fully saturated rings. The second kappa shape index (κ2) is 5.44. The Morgan fingerprint density at radius 3 is 2.94 bits per heavy atom. The van der Waals surface area contributed by atoms with Crippen LogP contribution in [0, 0.1) is 0 Å². The molecule has 1 aromatic heterocycles. The maximum absolute atomic E-state index is 10.9. The topological polar surface area (TPSA) is 57.0 Å². The first-order chi connectivity index (χ1) is 8.80. The van der Waals surface area contributed by atoms with Crippen molar-refractivity contribution < 1.29 is 9.53 Å². The van der Waals surface area contributed by atoms with Crippen LogP contribution in [0.3, 0.4) is 0 Å². The predicted molar refractivity (Wildman–Crippen MR) is 67.3 cm³/mol. The molecule has 2 aromatic rings. The van der Waals surface area contributed by atoms with Crippen molar-refractivity contribution in [2.24, 2.45) is 0 Å². The average Bonchev–Trinajstić information content (AvgIpc) is 2.82. The van der Waals surface area contributed by atoms with E-state index < -0.39 is 0 Å². The van der Waals surface area contributed by atoms with Crippen molar-refractivity contribution in [2.75, 3.05) is 7.11 Å². The summed E-state index contributed by atoms with van der Waals surface area (Å²) in [5.41, 5.74) is 2.08. The van der Waals surface area contributed by atoms with Crippen LogP contribution in [0.2, 0.25) is 0 Å². The van der Waals surface area contributed by atoms with Crippen molar-refractivity contribution in [3.8, 4) is 11.4 Å². The van der Waals surface area contributed by atoms with Gasteiger partial charge in [-0.2, -0.15) is 0 Å². The van der Waals surface area contributed by atoms with Gasteiger partial charge in [0.25, 0.3) is 0 Å². The number of ether oxygens (including phenoxy) is 1. The number of carbonyl (C=O) groups excluding carboxylic acids is 1. The molecule has 0 atom stereocenters. The van der Waals surface area contributed by atoms with Crippen LogP contribution >= 0.6 is 0 Å². The lowest BCUT2D eigenvalue weighted by Crippen LogP contribution is -2.03. The van der Waals surface area contributed by atoms with Crippen LogP contribution in [0.4, 0.5) is 0 Å². The van der Waals surface area contributed by atoms with E-state index in [-0.39, 0.29) is 0 Å². The van der Waals surface area contributed by atoms with Crippen LogP contribution in [-0.4, -0.2) is 28.4 Å². The summed E-state index contributed by atoms with van der Waals surface area (Å²) < 4.78 is 6.87. The van der Waals surface area contributed by atoms with Gasteiger partial charge in [-0.05, 0) is 18.6 Å². The minimum atomic E-state index is 0.402. The Kier molecular flexibility index (Phi) is 3.72. The van der Waals surface area contributed by atoms with Crippen LogP contribution in [0.5, 0.6) is 5.75 Å². The molecule has 5 heteroatoms. The van der Waals surface area contributed by atoms with Crippen molar-refractivity contribution >= 4 is 6.29 Å². The molecule has 94 valence electrons. The summed E-state index contributed by atoms with van der Waals surface area (Å²) >= 11 is 0. The van der Waals surface area contributed by atoms with Gasteiger partial charge in [0, 0.05) is 6.07 Å². The van der Waals surface area contributed by atoms with Gasteiger partial charge in [-0.15, -0.1) is 5.10 Å². The molecular weight excluding hydrogens is 230 g/mol. The zero-order chi connectivity index (χ0) is 13.0. The summed E-state index contributed by atoms with van der Waals surface area (Å²) in [7, 11) is 1.62. The van der Waals surface area contributed by atoms with Gasteiger partial charge in [-0.3, -0.25) is 4.79 Å². The van der Waals surface area contributed by atoms with Crippen molar-refractivity contribution in [3.05, 3.63) is 35.7 Å². The van der Waals surface area contributed by atoms with E-state index in [1.54, 1.807) is 11.8 Å². The molecule has 1 heterocycles. The van der Waals surface area contributed by atoms with E-state index in [1.807, 2.05) is 24.3 Å². The first-order valence-electron chi connectivity index (χ1n) is 5.84. The quantitative estimate of drug-likeness (QED) is 0.756. The van der Waals surface area contributed by atoms with Crippen LogP contribution in [-0.2, 0) is 6.42 Å². The highest BCUT2D eigenvalue weighted by molar-refractivity contribution is 5.73. The third-order valence-corrected chi connectivity index (χ3v) is 2.69. The van der Waals surface area contributed by atoms with E-state index in [0.29, 0.717) is 5.69 Å². The van der Waals surface area contributed by atoms with E-state index in [9.17, 15) is 4.79 Å². The number of methoxy groups -OCH3 is 1. The minimum absolute atomic E-state index is 0.402. The molecule has 0 spiro atoms. The zero-order valence-corrected chi connectivity index (χ0v) is 10.5. The van der Waals surface area contributed by atoms with E-state index >= 15 is 0 Å². The summed E-state index contributed by atoms with van der Waals surface area (Å²) in [4.78, 5) is 10.9. The van der Waals surface area contributed by atoms with Gasteiger partial charge < -0.3 is 4.74 Å². The van der Waals surface area contributed by atoms with Gasteiger partial charge in [0.15, 0.2) is 6.29 Å². The van der Waals surface area contributed by atoms with Crippen LogP contribution in [0.15, 0.2) is 24.3 Å². The average molecular weight is 245 g/mol. The molecule has 0 aliphatic heterocycles. The molecule has 0 saturated heterocycles. The van der Waals surface area contributed by atoms with E-state index in [1.165, 1.54) is 0 Å². The first kappa shape index (κ1) is 12.3. The summed E-state index contributed by atoms with van der Waals surface area (Å²) in [5.74, 6) is 0.748. The smallest absolute Gasteiger partial charge is 0.172 e. The number of carbonyl (C=O) groups is 1. The molecule has 1 aromatic carbocycles. The third-order valence-electron chi connectivity index (χ3n) is 2.69. The van der Waals surface area contributed by atoms with E-state index in [4.69, 9.17) is 4.74 Å². The van der Waals surface area contributed by atoms with Gasteiger partial charge in [0.1, 0.15) is 11.4 Å². The Morgan fingerprint density at radius 2 is 2.28 bits per heavy atom. The molecule has 2 rings (SSSR count). The molecule has 0 saturated carbocycles. The summed E-state index contributed by atoms with van der Waals surface area (Å²) in [6, 6.07) is 7.51. The Morgan fingerprint density at radius 1 is 1.44 bits per heavy atom. The number of benzene rings is 1. The van der Waals surface area contributed by atoms with Crippen LogP contribution < -0.4 is 4.74 Å². The number of hydrogen-bond donors (Lipinski definition) is 0. The highest BCUT2D eigenvalue weighted by Crippen LogP contribution is 2.18. The second-order valence-corrected chi connectivity index (χ2v) is 3.90. The maximum Gasteiger partial charge on any atom is 0.172 e. The molecule has 0 unspecified atom stereocenters. The standard InChI is InChI=1S/C13H15N3O2/c1-3-5-13-12(9-17)14-15-16(13)10-6-4-7-11(8-10)18-2/h4,6-9H,3,5H2,1-2H3. The first-order valence-corrected chi connectivity index (χ1v) is 5.84. The zero-order valence-electron chi connectivity index (χ0n) is 10.5. The third kappa shape index (κ3) is 2.25. The SMILES string of the molecule is CCCc1c(C=O)nnn1-c1cccc(OC)c1. The lowest BCUT2D eigenvalue weighted by molar-refractivity contribution is 0.111. The lowest BCUT2D eigenvalue weighted by atomic mass is 10.2. The fraction of sp³-hybridized carbons (Fsp3) is 0.308. The number of nitrogens with zero attached hydrogens (tertiary/aromatic N) is 3. The van der Waals surface area contributed by atoms with Crippen molar-refractivity contribution in [1.82, 2.24) is 15.0 Å². The molecule has 18 heavy (non-hydrogen) atoms. The fourth-order valence-electron chi connectivity index (χ4n) is 1.83. The van der Waals surface area contributed by atoms with Crippen molar-refractivity contribution in [3.63, 3.8) is 0 Å². The maximum atomic E-state index is 10.9. The molecule has 0 N–H and O–H groups in total. The van der Waals surface area contributed by atoms with Crippen molar-refractivity contribution in [2.45, 2.75) is 19.8 Å². The Bertz CT molecular complexity index is 549. The predicted octanol–water partition coefficient (Wildman–Crippen LogP) is 2.04. The Hall–Kier alpha value is -2.17. The van der Waals surface area contributed by atoms with Gasteiger partial charge >= 0.3 is 0 Å². The molecule has 0 aliphatic rings. The van der Waals surface area contributed by atoms with Gasteiger partial charge in [0.05, 0.1) is 18.5 Å². The fourth-order valence-corrected chi connectivity index (χ4v) is 1.83. The summed E-state index contributed by atoms with van der Waals surface area (Å²) in [5, 5.41) is 7.92. The Labute approximate surface area is 105 Å². The van der Waals surface area contributed by atoms with E-state index in [0.717, 1.165) is 36.3 Å². The number of aromatic nitrogens is 3. The van der Waals surface area contributed by atoms with Gasteiger partial charge in [-0.1, -0.05) is 24.6 Å². The highest BCUT2D eigenvalue weighted by Gasteiger charge is 2.13. The number of rotatable bonds is 5. The molecule has 0 amide bonds. The Balaban J connectivity index is 2.48. The number of hydrogen-bond acceptors (Lipinski definition) is 4. The molecular formula is C13H15N3O2. The normalized spacial score (nSPS) is 10.3. The van der Waals surface area contributed by atoms with Crippen LogP contribution in [0.1, 0.15) is 29.5 Å². The molecule has 0 radical (unpaired) electrons. The molecule has 0 bridgehead atoms. The summed E-state index contributed by atoms with van der Waals surface area (Å²) in [6.07, 6.45) is 2.44.